The van der Waals surface area contributed by atoms with E-state index in [1.54, 1.807) is 0 Å². The van der Waals surface area contributed by atoms with Gasteiger partial charge in [-0.25, -0.2) is 4.39 Å². The molecule has 5 nitrogen and oxygen atoms in total. The van der Waals surface area contributed by atoms with Gasteiger partial charge in [0.25, 0.3) is 5.69 Å². The molecule has 1 unspecified atom stereocenters. The summed E-state index contributed by atoms with van der Waals surface area (Å²) in [5.74, 6) is -0.440. The van der Waals surface area contributed by atoms with Crippen LogP contribution in [0.15, 0.2) is 18.2 Å². The maximum Gasteiger partial charge on any atom is 0.274 e. The van der Waals surface area contributed by atoms with Crippen LogP contribution in [0.3, 0.4) is 0 Å². The summed E-state index contributed by atoms with van der Waals surface area (Å²) in [6.07, 6.45) is 0. The maximum absolute atomic E-state index is 13.0. The average molecular weight is 242 g/mol. The van der Waals surface area contributed by atoms with Crippen molar-refractivity contribution in [2.45, 2.75) is 13.5 Å². The molecule has 0 bridgehead atoms. The summed E-state index contributed by atoms with van der Waals surface area (Å²) in [7, 11) is 0. The van der Waals surface area contributed by atoms with Gasteiger partial charge in [0, 0.05) is 31.3 Å². The van der Waals surface area contributed by atoms with Gasteiger partial charge in [0.1, 0.15) is 5.82 Å². The zero-order valence-electron chi connectivity index (χ0n) is 9.52. The van der Waals surface area contributed by atoms with Gasteiger partial charge in [0.15, 0.2) is 0 Å². The summed E-state index contributed by atoms with van der Waals surface area (Å²) in [5.41, 5.74) is 0.204. The topological polar surface area (TPSA) is 75.4 Å². The van der Waals surface area contributed by atoms with Gasteiger partial charge in [-0.05, 0) is 18.1 Å². The fourth-order valence-corrected chi connectivity index (χ4v) is 1.39. The van der Waals surface area contributed by atoms with E-state index in [0.29, 0.717) is 12.1 Å². The molecule has 0 saturated carbocycles. The highest BCUT2D eigenvalue weighted by Gasteiger charge is 2.14. The van der Waals surface area contributed by atoms with Gasteiger partial charge in [-0.15, -0.1) is 0 Å². The number of aliphatic hydroxyl groups excluding tert-OH is 1. The minimum atomic E-state index is -0.536. The fourth-order valence-electron chi connectivity index (χ4n) is 1.39. The van der Waals surface area contributed by atoms with Crippen molar-refractivity contribution < 1.29 is 14.4 Å². The first-order chi connectivity index (χ1) is 8.04. The van der Waals surface area contributed by atoms with E-state index in [9.17, 15) is 14.5 Å². The minimum absolute atomic E-state index is 0.0399. The molecule has 2 N–H and O–H groups in total. The van der Waals surface area contributed by atoms with Crippen molar-refractivity contribution in [1.82, 2.24) is 5.32 Å². The molecule has 94 valence electrons. The van der Waals surface area contributed by atoms with E-state index in [0.717, 1.165) is 18.2 Å². The second-order valence-electron chi connectivity index (χ2n) is 3.95. The van der Waals surface area contributed by atoms with Crippen molar-refractivity contribution in [2.24, 2.45) is 5.92 Å². The monoisotopic (exact) mass is 242 g/mol. The van der Waals surface area contributed by atoms with Gasteiger partial charge in [0.2, 0.25) is 0 Å². The number of nitro benzene ring substituents is 1. The van der Waals surface area contributed by atoms with Crippen molar-refractivity contribution in [3.8, 4) is 0 Å². The molecular weight excluding hydrogens is 227 g/mol. The molecule has 0 heterocycles. The summed E-state index contributed by atoms with van der Waals surface area (Å²) in [5, 5.41) is 22.5. The van der Waals surface area contributed by atoms with Crippen molar-refractivity contribution in [3.63, 3.8) is 0 Å². The summed E-state index contributed by atoms with van der Waals surface area (Å²) >= 11 is 0. The molecule has 0 saturated heterocycles. The molecule has 0 aliphatic rings. The fraction of sp³-hybridized carbons (Fsp3) is 0.455. The van der Waals surface area contributed by atoms with Crippen LogP contribution in [-0.2, 0) is 6.54 Å². The lowest BCUT2D eigenvalue weighted by atomic mass is 10.1. The van der Waals surface area contributed by atoms with Crippen LogP contribution in [-0.4, -0.2) is 23.2 Å². The van der Waals surface area contributed by atoms with E-state index in [1.807, 2.05) is 6.92 Å². The lowest BCUT2D eigenvalue weighted by Gasteiger charge is -2.09. The number of aliphatic hydroxyl groups is 1. The van der Waals surface area contributed by atoms with Gasteiger partial charge < -0.3 is 10.4 Å². The highest BCUT2D eigenvalue weighted by molar-refractivity contribution is 5.40. The smallest absolute Gasteiger partial charge is 0.274 e. The molecule has 1 rings (SSSR count). The second kappa shape index (κ2) is 6.27. The van der Waals surface area contributed by atoms with Gasteiger partial charge in [-0.3, -0.25) is 10.1 Å². The molecule has 1 aromatic carbocycles. The number of nitro groups is 1. The number of benzene rings is 1. The van der Waals surface area contributed by atoms with Crippen LogP contribution in [0, 0.1) is 21.8 Å². The minimum Gasteiger partial charge on any atom is -0.396 e. The number of hydrogen-bond donors (Lipinski definition) is 2. The van der Waals surface area contributed by atoms with E-state index < -0.39 is 10.7 Å². The predicted molar refractivity (Wildman–Crippen MR) is 61.0 cm³/mol. The zero-order valence-corrected chi connectivity index (χ0v) is 9.52. The molecule has 0 radical (unpaired) electrons. The summed E-state index contributed by atoms with van der Waals surface area (Å²) in [6, 6.07) is 3.37. The third-order valence-corrected chi connectivity index (χ3v) is 2.36. The molecule has 6 heteroatoms. The summed E-state index contributed by atoms with van der Waals surface area (Å²) < 4.78 is 13.0. The van der Waals surface area contributed by atoms with Crippen molar-refractivity contribution in [1.29, 1.82) is 0 Å². The van der Waals surface area contributed by atoms with Crippen molar-refractivity contribution in [3.05, 3.63) is 39.7 Å². The third kappa shape index (κ3) is 4.08. The molecular formula is C11H15FN2O3. The first kappa shape index (κ1) is 13.5. The molecule has 0 spiro atoms. The average Bonchev–Trinajstić information content (AvgIpc) is 2.28. The third-order valence-electron chi connectivity index (χ3n) is 2.36. The summed E-state index contributed by atoms with van der Waals surface area (Å²) in [6.45, 7) is 2.60. The Bertz CT molecular complexity index is 398. The normalized spacial score (nSPS) is 12.4. The van der Waals surface area contributed by atoms with Crippen LogP contribution in [0.2, 0.25) is 0 Å². The van der Waals surface area contributed by atoms with Gasteiger partial charge in [-0.1, -0.05) is 6.92 Å². The lowest BCUT2D eigenvalue weighted by molar-refractivity contribution is -0.385. The van der Waals surface area contributed by atoms with Crippen LogP contribution in [0.1, 0.15) is 12.5 Å². The highest BCUT2D eigenvalue weighted by atomic mass is 19.1. The van der Waals surface area contributed by atoms with Crippen LogP contribution in [0.4, 0.5) is 10.1 Å². The van der Waals surface area contributed by atoms with Crippen LogP contribution >= 0.6 is 0 Å². The first-order valence-electron chi connectivity index (χ1n) is 5.29. The van der Waals surface area contributed by atoms with Crippen LogP contribution in [0.25, 0.3) is 0 Å². The molecule has 1 atom stereocenters. The number of halogens is 1. The highest BCUT2D eigenvalue weighted by Crippen LogP contribution is 2.19. The number of nitrogens with one attached hydrogen (secondary N) is 1. The number of hydrogen-bond acceptors (Lipinski definition) is 4. The predicted octanol–water partition coefficient (Wildman–Crippen LogP) is 1.45. The molecule has 0 amide bonds. The Labute approximate surface area is 98.4 Å². The van der Waals surface area contributed by atoms with E-state index in [-0.39, 0.29) is 24.8 Å². The maximum atomic E-state index is 13.0. The Kier molecular flexibility index (Phi) is 4.99. The quantitative estimate of drug-likeness (QED) is 0.585. The Morgan fingerprint density at radius 1 is 1.59 bits per heavy atom. The van der Waals surface area contributed by atoms with Crippen molar-refractivity contribution in [2.75, 3.05) is 13.2 Å². The second-order valence-corrected chi connectivity index (χ2v) is 3.95. The van der Waals surface area contributed by atoms with Crippen molar-refractivity contribution >= 4 is 5.69 Å². The Morgan fingerprint density at radius 2 is 2.29 bits per heavy atom. The largest absolute Gasteiger partial charge is 0.396 e. The molecule has 17 heavy (non-hydrogen) atoms. The first-order valence-corrected chi connectivity index (χ1v) is 5.29. The lowest BCUT2D eigenvalue weighted by Crippen LogP contribution is -2.23. The Balaban J connectivity index is 2.68. The number of rotatable bonds is 6. The van der Waals surface area contributed by atoms with Crippen LogP contribution in [0.5, 0.6) is 0 Å². The Hall–Kier alpha value is -1.53. The molecule has 1 aromatic rings. The molecule has 0 aromatic heterocycles. The standard InChI is InChI=1S/C11H15FN2O3/c1-8(7-15)5-13-6-9-4-10(12)2-3-11(9)14(16)17/h2-4,8,13,15H,5-7H2,1H3. The van der Waals surface area contributed by atoms with Crippen LogP contribution < -0.4 is 5.32 Å². The zero-order chi connectivity index (χ0) is 12.8. The van der Waals surface area contributed by atoms with E-state index in [4.69, 9.17) is 5.11 Å². The SMILES string of the molecule is CC(CO)CNCc1cc(F)ccc1[N+](=O)[O-]. The molecule has 0 fully saturated rings. The molecule has 0 aliphatic carbocycles. The van der Waals surface area contributed by atoms with Gasteiger partial charge in [0.05, 0.1) is 4.92 Å². The van der Waals surface area contributed by atoms with E-state index in [1.165, 1.54) is 0 Å². The summed E-state index contributed by atoms with van der Waals surface area (Å²) in [4.78, 5) is 10.2. The van der Waals surface area contributed by atoms with Gasteiger partial charge >= 0.3 is 0 Å². The molecule has 0 aliphatic heterocycles. The van der Waals surface area contributed by atoms with Gasteiger partial charge in [-0.2, -0.15) is 0 Å². The van der Waals surface area contributed by atoms with E-state index >= 15 is 0 Å². The number of nitrogens with zero attached hydrogens (tertiary/aromatic N) is 1. The Morgan fingerprint density at radius 3 is 2.88 bits per heavy atom. The van der Waals surface area contributed by atoms with E-state index in [2.05, 4.69) is 5.32 Å².